The van der Waals surface area contributed by atoms with Crippen LogP contribution in [0, 0.1) is 18.7 Å². The smallest absolute Gasteiger partial charge is 0.336 e. The van der Waals surface area contributed by atoms with Gasteiger partial charge in [-0.05, 0) is 73.9 Å². The Labute approximate surface area is 187 Å². The van der Waals surface area contributed by atoms with Gasteiger partial charge in [0, 0.05) is 5.56 Å². The highest BCUT2D eigenvalue weighted by atomic mass is 19.1. The van der Waals surface area contributed by atoms with E-state index >= 15 is 0 Å². The highest BCUT2D eigenvalue weighted by Crippen LogP contribution is 2.31. The predicted octanol–water partition coefficient (Wildman–Crippen LogP) is 6.20. The molecule has 0 saturated heterocycles. The fourth-order valence-corrected chi connectivity index (χ4v) is 4.56. The lowest BCUT2D eigenvalue weighted by atomic mass is 9.83. The van der Waals surface area contributed by atoms with Crippen LogP contribution in [0.4, 0.5) is 4.39 Å². The number of aromatic carboxylic acids is 1. The van der Waals surface area contributed by atoms with Crippen molar-refractivity contribution in [3.8, 4) is 11.5 Å². The molecule has 1 N–H and O–H groups in total. The quantitative estimate of drug-likeness (QED) is 0.454. The van der Waals surface area contributed by atoms with Gasteiger partial charge in [0.05, 0.1) is 18.3 Å². The summed E-state index contributed by atoms with van der Waals surface area (Å²) in [5.41, 5.74) is 3.62. The first-order chi connectivity index (χ1) is 15.5. The Kier molecular flexibility index (Phi) is 7.00. The van der Waals surface area contributed by atoms with Crippen molar-refractivity contribution in [3.63, 3.8) is 0 Å². The number of hydrogen-bond acceptors (Lipinski definition) is 4. The van der Waals surface area contributed by atoms with E-state index in [2.05, 4.69) is 4.98 Å². The third-order valence-electron chi connectivity index (χ3n) is 6.24. The van der Waals surface area contributed by atoms with Crippen LogP contribution in [0.3, 0.4) is 0 Å². The van der Waals surface area contributed by atoms with E-state index < -0.39 is 5.97 Å². The summed E-state index contributed by atoms with van der Waals surface area (Å²) in [5.74, 6) is -0.173. The number of hydrogen-bond donors (Lipinski definition) is 1. The number of carboxylic acid groups (broad SMARTS) is 1. The number of rotatable bonds is 8. The molecule has 2 atom stereocenters. The fraction of sp³-hybridized carbons (Fsp3) is 0.385. The molecule has 3 aromatic rings. The Balaban J connectivity index is 1.29. The molecule has 1 aliphatic carbocycles. The minimum absolute atomic E-state index is 0.163. The number of benzene rings is 2. The van der Waals surface area contributed by atoms with Crippen LogP contribution in [0.5, 0.6) is 0 Å². The van der Waals surface area contributed by atoms with Crippen LogP contribution in [0.15, 0.2) is 53.1 Å². The van der Waals surface area contributed by atoms with E-state index in [1.54, 1.807) is 18.4 Å². The van der Waals surface area contributed by atoms with Gasteiger partial charge in [0.15, 0.2) is 0 Å². The minimum Gasteiger partial charge on any atom is -0.478 e. The van der Waals surface area contributed by atoms with Crippen LogP contribution < -0.4 is 0 Å². The predicted molar refractivity (Wildman–Crippen MR) is 119 cm³/mol. The Morgan fingerprint density at radius 2 is 2.03 bits per heavy atom. The van der Waals surface area contributed by atoms with Gasteiger partial charge in [-0.3, -0.25) is 0 Å². The van der Waals surface area contributed by atoms with E-state index in [1.165, 1.54) is 12.1 Å². The van der Waals surface area contributed by atoms with Gasteiger partial charge in [0.1, 0.15) is 17.8 Å². The van der Waals surface area contributed by atoms with Crippen LogP contribution in [0.2, 0.25) is 0 Å². The standard InChI is InChI=1S/C26H28FNO4/c1-17-4-2-6-19(24(17)26(29)30)9-8-18-5-3-7-23(14-18)31-15-22-16-32-25(28-22)20-10-12-21(27)13-11-20/h2,4,6,10-13,16,18,23H,3,5,7-9,14-15H2,1H3,(H,29,30). The summed E-state index contributed by atoms with van der Waals surface area (Å²) in [6.07, 6.45) is 7.72. The van der Waals surface area contributed by atoms with Gasteiger partial charge in [-0.1, -0.05) is 31.0 Å². The number of carboxylic acids is 1. The van der Waals surface area contributed by atoms with E-state index in [0.29, 0.717) is 24.0 Å². The van der Waals surface area contributed by atoms with Crippen molar-refractivity contribution in [2.75, 3.05) is 0 Å². The summed E-state index contributed by atoms with van der Waals surface area (Å²) in [6.45, 7) is 2.23. The average Bonchev–Trinajstić information content (AvgIpc) is 3.26. The summed E-state index contributed by atoms with van der Waals surface area (Å²) in [7, 11) is 0. The van der Waals surface area contributed by atoms with E-state index in [0.717, 1.165) is 60.9 Å². The number of halogens is 1. The zero-order valence-corrected chi connectivity index (χ0v) is 18.2. The molecule has 0 bridgehead atoms. The lowest BCUT2D eigenvalue weighted by molar-refractivity contribution is -0.000266. The molecule has 2 aromatic carbocycles. The van der Waals surface area contributed by atoms with Gasteiger partial charge >= 0.3 is 5.97 Å². The average molecular weight is 438 g/mol. The van der Waals surface area contributed by atoms with Crippen molar-refractivity contribution in [2.24, 2.45) is 5.92 Å². The van der Waals surface area contributed by atoms with Crippen molar-refractivity contribution < 1.29 is 23.4 Å². The molecule has 1 fully saturated rings. The summed E-state index contributed by atoms with van der Waals surface area (Å²) in [6, 6.07) is 11.8. The highest BCUT2D eigenvalue weighted by molar-refractivity contribution is 5.91. The van der Waals surface area contributed by atoms with Crippen molar-refractivity contribution in [1.29, 1.82) is 0 Å². The maximum atomic E-state index is 13.1. The summed E-state index contributed by atoms with van der Waals surface area (Å²) < 4.78 is 24.7. The van der Waals surface area contributed by atoms with Crippen molar-refractivity contribution in [1.82, 2.24) is 4.98 Å². The normalized spacial score (nSPS) is 18.6. The summed E-state index contributed by atoms with van der Waals surface area (Å²) in [5, 5.41) is 9.54. The number of nitrogens with zero attached hydrogens (tertiary/aromatic N) is 1. The zero-order chi connectivity index (χ0) is 22.5. The molecule has 5 nitrogen and oxygen atoms in total. The Bertz CT molecular complexity index is 1060. The molecule has 2 unspecified atom stereocenters. The maximum Gasteiger partial charge on any atom is 0.336 e. The lowest BCUT2D eigenvalue weighted by Crippen LogP contribution is -2.23. The first-order valence-electron chi connectivity index (χ1n) is 11.1. The van der Waals surface area contributed by atoms with E-state index in [4.69, 9.17) is 9.15 Å². The van der Waals surface area contributed by atoms with E-state index in [9.17, 15) is 14.3 Å². The molecule has 0 spiro atoms. The molecular formula is C26H28FNO4. The number of ether oxygens (including phenoxy) is 1. The molecule has 32 heavy (non-hydrogen) atoms. The fourth-order valence-electron chi connectivity index (χ4n) is 4.56. The Morgan fingerprint density at radius 3 is 2.81 bits per heavy atom. The molecule has 1 saturated carbocycles. The molecule has 4 rings (SSSR count). The number of aryl methyl sites for hydroxylation is 2. The van der Waals surface area contributed by atoms with Crippen LogP contribution in [0.25, 0.3) is 11.5 Å². The second-order valence-corrected chi connectivity index (χ2v) is 8.57. The second kappa shape index (κ2) is 10.1. The van der Waals surface area contributed by atoms with Crippen LogP contribution in [-0.2, 0) is 17.8 Å². The maximum absolute atomic E-state index is 13.1. The first kappa shape index (κ1) is 22.2. The Hall–Kier alpha value is -2.99. The topological polar surface area (TPSA) is 72.6 Å². The van der Waals surface area contributed by atoms with Crippen LogP contribution in [-0.4, -0.2) is 22.2 Å². The molecule has 0 amide bonds. The van der Waals surface area contributed by atoms with Crippen LogP contribution >= 0.6 is 0 Å². The van der Waals surface area contributed by atoms with Gasteiger partial charge in [0.2, 0.25) is 5.89 Å². The van der Waals surface area contributed by atoms with Gasteiger partial charge in [-0.2, -0.15) is 0 Å². The zero-order valence-electron chi connectivity index (χ0n) is 18.2. The molecular weight excluding hydrogens is 409 g/mol. The summed E-state index contributed by atoms with van der Waals surface area (Å²) in [4.78, 5) is 16.1. The monoisotopic (exact) mass is 437 g/mol. The first-order valence-corrected chi connectivity index (χ1v) is 11.1. The highest BCUT2D eigenvalue weighted by Gasteiger charge is 2.24. The van der Waals surface area contributed by atoms with Gasteiger partial charge < -0.3 is 14.3 Å². The SMILES string of the molecule is Cc1cccc(CCC2CCCC(OCc3coc(-c4ccc(F)cc4)n3)C2)c1C(=O)O. The molecule has 1 heterocycles. The van der Waals surface area contributed by atoms with Gasteiger partial charge in [-0.25, -0.2) is 14.2 Å². The molecule has 168 valence electrons. The summed E-state index contributed by atoms with van der Waals surface area (Å²) >= 11 is 0. The second-order valence-electron chi connectivity index (χ2n) is 8.57. The lowest BCUT2D eigenvalue weighted by Gasteiger charge is -2.29. The third kappa shape index (κ3) is 5.43. The minimum atomic E-state index is -0.851. The van der Waals surface area contributed by atoms with Gasteiger partial charge in [0.25, 0.3) is 0 Å². The molecule has 1 aliphatic rings. The van der Waals surface area contributed by atoms with E-state index in [1.807, 2.05) is 25.1 Å². The molecule has 6 heteroatoms. The molecule has 1 aromatic heterocycles. The third-order valence-corrected chi connectivity index (χ3v) is 6.24. The van der Waals surface area contributed by atoms with Crippen molar-refractivity contribution in [2.45, 2.75) is 58.2 Å². The number of oxazole rings is 1. The van der Waals surface area contributed by atoms with Crippen molar-refractivity contribution >= 4 is 5.97 Å². The number of aromatic nitrogens is 1. The van der Waals surface area contributed by atoms with Crippen LogP contribution in [0.1, 0.15) is 59.3 Å². The van der Waals surface area contributed by atoms with Crippen molar-refractivity contribution in [3.05, 3.63) is 76.9 Å². The van der Waals surface area contributed by atoms with E-state index in [-0.39, 0.29) is 11.9 Å². The van der Waals surface area contributed by atoms with Gasteiger partial charge in [-0.15, -0.1) is 0 Å². The Morgan fingerprint density at radius 1 is 1.22 bits per heavy atom. The molecule has 0 aliphatic heterocycles. The largest absolute Gasteiger partial charge is 0.478 e. The number of carbonyl (C=O) groups is 1. The molecule has 0 radical (unpaired) electrons.